The minimum absolute atomic E-state index is 0.335. The van der Waals surface area contributed by atoms with Gasteiger partial charge in [-0.1, -0.05) is 23.7 Å². The van der Waals surface area contributed by atoms with Gasteiger partial charge in [0.25, 0.3) is 0 Å². The number of rotatable bonds is 4. The van der Waals surface area contributed by atoms with E-state index in [-0.39, 0.29) is 0 Å². The first-order valence-corrected chi connectivity index (χ1v) is 7.39. The summed E-state index contributed by atoms with van der Waals surface area (Å²) in [5, 5.41) is 0.551. The molecule has 0 saturated carbocycles. The van der Waals surface area contributed by atoms with Gasteiger partial charge in [0.2, 0.25) is 5.88 Å². The van der Waals surface area contributed by atoms with E-state index < -0.39 is 0 Å². The van der Waals surface area contributed by atoms with Crippen LogP contribution < -0.4 is 4.74 Å². The largest absolute Gasteiger partial charge is 0.438 e. The van der Waals surface area contributed by atoms with Crippen molar-refractivity contribution in [1.82, 2.24) is 4.98 Å². The van der Waals surface area contributed by atoms with Crippen LogP contribution in [0.2, 0.25) is 5.02 Å². The number of thioether (sulfide) groups is 1. The molecule has 0 aliphatic carbocycles. The zero-order valence-electron chi connectivity index (χ0n) is 9.69. The molecule has 0 bridgehead atoms. The maximum atomic E-state index is 5.95. The van der Waals surface area contributed by atoms with E-state index in [4.69, 9.17) is 27.9 Å². The summed E-state index contributed by atoms with van der Waals surface area (Å²) in [6.07, 6.45) is 3.55. The standard InChI is InChI=1S/C13H11Cl2NOS/c1-18-12-5-3-2-4-11(12)17-13-6-9(7-14)10(15)8-16-13/h2-6,8H,7H2,1H3. The zero-order chi connectivity index (χ0) is 13.0. The molecule has 1 heterocycles. The molecular formula is C13H11Cl2NOS. The van der Waals surface area contributed by atoms with E-state index in [1.54, 1.807) is 24.0 Å². The van der Waals surface area contributed by atoms with Crippen LogP contribution in [0.25, 0.3) is 0 Å². The van der Waals surface area contributed by atoms with E-state index in [9.17, 15) is 0 Å². The summed E-state index contributed by atoms with van der Waals surface area (Å²) in [7, 11) is 0. The number of alkyl halides is 1. The fourth-order valence-corrected chi connectivity index (χ4v) is 2.42. The first kappa shape index (κ1) is 13.5. The normalized spacial score (nSPS) is 10.4. The Hall–Kier alpha value is -0.900. The van der Waals surface area contributed by atoms with Gasteiger partial charge >= 0.3 is 0 Å². The van der Waals surface area contributed by atoms with E-state index in [0.29, 0.717) is 16.8 Å². The molecule has 18 heavy (non-hydrogen) atoms. The lowest BCUT2D eigenvalue weighted by atomic mass is 10.3. The lowest BCUT2D eigenvalue weighted by Gasteiger charge is -2.09. The van der Waals surface area contributed by atoms with Crippen LogP contribution in [0.15, 0.2) is 41.4 Å². The summed E-state index contributed by atoms with van der Waals surface area (Å²) < 4.78 is 5.75. The highest BCUT2D eigenvalue weighted by Crippen LogP contribution is 2.31. The van der Waals surface area contributed by atoms with Crippen LogP contribution in [0, 0.1) is 0 Å². The van der Waals surface area contributed by atoms with Crippen LogP contribution in [0.4, 0.5) is 0 Å². The molecule has 94 valence electrons. The Morgan fingerprint density at radius 2 is 2.11 bits per heavy atom. The van der Waals surface area contributed by atoms with Gasteiger partial charge in [-0.15, -0.1) is 23.4 Å². The number of hydrogen-bond acceptors (Lipinski definition) is 3. The fourth-order valence-electron chi connectivity index (χ4n) is 1.43. The lowest BCUT2D eigenvalue weighted by Crippen LogP contribution is -1.91. The van der Waals surface area contributed by atoms with Gasteiger partial charge < -0.3 is 4.74 Å². The van der Waals surface area contributed by atoms with Crippen molar-refractivity contribution >= 4 is 35.0 Å². The van der Waals surface area contributed by atoms with E-state index >= 15 is 0 Å². The van der Waals surface area contributed by atoms with Crippen molar-refractivity contribution in [1.29, 1.82) is 0 Å². The van der Waals surface area contributed by atoms with Gasteiger partial charge in [-0.05, 0) is 24.0 Å². The number of benzene rings is 1. The second kappa shape index (κ2) is 6.32. The third-order valence-corrected chi connectivity index (χ3v) is 3.74. The molecule has 0 unspecified atom stereocenters. The number of pyridine rings is 1. The number of halogens is 2. The number of aromatic nitrogens is 1. The topological polar surface area (TPSA) is 22.1 Å². The van der Waals surface area contributed by atoms with Crippen LogP contribution in [0.1, 0.15) is 5.56 Å². The molecule has 2 aromatic rings. The van der Waals surface area contributed by atoms with Gasteiger partial charge in [-0.3, -0.25) is 0 Å². The molecule has 0 atom stereocenters. The predicted molar refractivity (Wildman–Crippen MR) is 77.1 cm³/mol. The summed E-state index contributed by atoms with van der Waals surface area (Å²) in [4.78, 5) is 5.19. The van der Waals surface area contributed by atoms with Gasteiger partial charge in [0, 0.05) is 23.0 Å². The summed E-state index contributed by atoms with van der Waals surface area (Å²) in [5.74, 6) is 1.61. The highest BCUT2D eigenvalue weighted by molar-refractivity contribution is 7.98. The van der Waals surface area contributed by atoms with Crippen molar-refractivity contribution < 1.29 is 4.74 Å². The van der Waals surface area contributed by atoms with Crippen LogP contribution in [-0.4, -0.2) is 11.2 Å². The summed E-state index contributed by atoms with van der Waals surface area (Å²) in [5.41, 5.74) is 0.810. The summed E-state index contributed by atoms with van der Waals surface area (Å²) in [6.45, 7) is 0. The quantitative estimate of drug-likeness (QED) is 0.586. The molecule has 0 amide bonds. The Labute approximate surface area is 120 Å². The predicted octanol–water partition coefficient (Wildman–Crippen LogP) is 4.99. The van der Waals surface area contributed by atoms with Gasteiger partial charge in [-0.2, -0.15) is 0 Å². The maximum absolute atomic E-state index is 5.95. The first-order valence-electron chi connectivity index (χ1n) is 5.26. The highest BCUT2D eigenvalue weighted by Gasteiger charge is 2.07. The molecule has 0 radical (unpaired) electrons. The smallest absolute Gasteiger partial charge is 0.219 e. The zero-order valence-corrected chi connectivity index (χ0v) is 12.0. The maximum Gasteiger partial charge on any atom is 0.219 e. The second-order valence-corrected chi connectivity index (χ2v) is 5.02. The second-order valence-electron chi connectivity index (χ2n) is 3.50. The number of ether oxygens (including phenoxy) is 1. The Kier molecular flexibility index (Phi) is 4.75. The summed E-state index contributed by atoms with van der Waals surface area (Å²) >= 11 is 13.4. The van der Waals surface area contributed by atoms with E-state index in [0.717, 1.165) is 16.2 Å². The van der Waals surface area contributed by atoms with Crippen molar-refractivity contribution in [3.05, 3.63) is 47.1 Å². The Morgan fingerprint density at radius 3 is 2.83 bits per heavy atom. The molecule has 0 N–H and O–H groups in total. The molecule has 0 aliphatic heterocycles. The van der Waals surface area contributed by atoms with Gasteiger partial charge in [0.05, 0.1) is 5.02 Å². The van der Waals surface area contributed by atoms with Crippen molar-refractivity contribution in [3.63, 3.8) is 0 Å². The minimum Gasteiger partial charge on any atom is -0.438 e. The van der Waals surface area contributed by atoms with Crippen LogP contribution in [0.5, 0.6) is 11.6 Å². The van der Waals surface area contributed by atoms with E-state index in [1.165, 1.54) is 0 Å². The van der Waals surface area contributed by atoms with E-state index in [1.807, 2.05) is 30.5 Å². The molecule has 0 saturated heterocycles. The summed E-state index contributed by atoms with van der Waals surface area (Å²) in [6, 6.07) is 9.55. The monoisotopic (exact) mass is 299 g/mol. The van der Waals surface area contributed by atoms with Crippen LogP contribution in [0.3, 0.4) is 0 Å². The SMILES string of the molecule is CSc1ccccc1Oc1cc(CCl)c(Cl)cn1. The molecule has 5 heteroatoms. The average molecular weight is 300 g/mol. The van der Waals surface area contributed by atoms with E-state index in [2.05, 4.69) is 4.98 Å². The number of hydrogen-bond donors (Lipinski definition) is 0. The van der Waals surface area contributed by atoms with Crippen LogP contribution in [-0.2, 0) is 5.88 Å². The van der Waals surface area contributed by atoms with Crippen LogP contribution >= 0.6 is 35.0 Å². The third-order valence-electron chi connectivity index (χ3n) is 2.34. The molecule has 1 aromatic carbocycles. The Balaban J connectivity index is 2.28. The van der Waals surface area contributed by atoms with Gasteiger partial charge in [0.15, 0.2) is 0 Å². The number of nitrogens with zero attached hydrogens (tertiary/aromatic N) is 1. The molecule has 0 aliphatic rings. The third kappa shape index (κ3) is 3.10. The van der Waals surface area contributed by atoms with Crippen molar-refractivity contribution in [2.75, 3.05) is 6.26 Å². The molecular weight excluding hydrogens is 289 g/mol. The number of para-hydroxylation sites is 1. The van der Waals surface area contributed by atoms with Crippen molar-refractivity contribution in [3.8, 4) is 11.6 Å². The van der Waals surface area contributed by atoms with Crippen molar-refractivity contribution in [2.24, 2.45) is 0 Å². The van der Waals surface area contributed by atoms with Gasteiger partial charge in [0.1, 0.15) is 5.75 Å². The average Bonchev–Trinajstić information content (AvgIpc) is 2.41. The fraction of sp³-hybridized carbons (Fsp3) is 0.154. The Morgan fingerprint density at radius 1 is 1.33 bits per heavy atom. The molecule has 2 rings (SSSR count). The first-order chi connectivity index (χ1) is 8.74. The van der Waals surface area contributed by atoms with Crippen molar-refractivity contribution in [2.45, 2.75) is 10.8 Å². The molecule has 0 spiro atoms. The molecule has 2 nitrogen and oxygen atoms in total. The molecule has 1 aromatic heterocycles. The van der Waals surface area contributed by atoms with Gasteiger partial charge in [-0.25, -0.2) is 4.98 Å². The lowest BCUT2D eigenvalue weighted by molar-refractivity contribution is 0.452. The molecule has 0 fully saturated rings. The Bertz CT molecular complexity index is 548. The minimum atomic E-state index is 0.335. The highest BCUT2D eigenvalue weighted by atomic mass is 35.5.